The van der Waals surface area contributed by atoms with Gasteiger partial charge in [-0.2, -0.15) is 0 Å². The van der Waals surface area contributed by atoms with Crippen LogP contribution in [0.1, 0.15) is 52.4 Å². The number of hydrogen-bond acceptors (Lipinski definition) is 2. The number of nitrogens with two attached hydrogens (primary N) is 1. The van der Waals surface area contributed by atoms with Gasteiger partial charge in [0.2, 0.25) is 0 Å². The van der Waals surface area contributed by atoms with Crippen LogP contribution in [0.5, 0.6) is 0 Å². The van der Waals surface area contributed by atoms with Crippen LogP contribution < -0.4 is 5.73 Å². The molecule has 2 N–H and O–H groups in total. The fourth-order valence-corrected chi connectivity index (χ4v) is 2.68. The van der Waals surface area contributed by atoms with Gasteiger partial charge >= 0.3 is 0 Å². The molecule has 82 valence electrons. The Morgan fingerprint density at radius 1 is 1.21 bits per heavy atom. The van der Waals surface area contributed by atoms with Crippen LogP contribution in [-0.2, 0) is 4.74 Å². The van der Waals surface area contributed by atoms with Crippen LogP contribution in [0.15, 0.2) is 0 Å². The molecular formula is C12H23NO. The average Bonchev–Trinajstić information content (AvgIpc) is 2.80. The molecule has 2 rings (SSSR count). The molecule has 0 bridgehead atoms. The van der Waals surface area contributed by atoms with Crippen LogP contribution >= 0.6 is 0 Å². The fourth-order valence-electron chi connectivity index (χ4n) is 2.68. The SMILES string of the molecule is C[C@@H]1CC(CCC2(N)CC2)C[C@H](C)O1. The number of hydrogen-bond donors (Lipinski definition) is 1. The summed E-state index contributed by atoms with van der Waals surface area (Å²) in [5, 5.41) is 0. The van der Waals surface area contributed by atoms with Gasteiger partial charge in [-0.05, 0) is 58.3 Å². The lowest BCUT2D eigenvalue weighted by Crippen LogP contribution is -2.31. The van der Waals surface area contributed by atoms with E-state index in [2.05, 4.69) is 13.8 Å². The normalized spacial score (nSPS) is 40.9. The first-order chi connectivity index (χ1) is 6.57. The van der Waals surface area contributed by atoms with Crippen molar-refractivity contribution in [3.63, 3.8) is 0 Å². The number of rotatable bonds is 3. The molecule has 1 aliphatic carbocycles. The molecule has 0 radical (unpaired) electrons. The Kier molecular flexibility index (Phi) is 2.85. The van der Waals surface area contributed by atoms with Crippen LogP contribution in [0.4, 0.5) is 0 Å². The van der Waals surface area contributed by atoms with Gasteiger partial charge in [0.05, 0.1) is 12.2 Å². The second kappa shape index (κ2) is 3.82. The maximum absolute atomic E-state index is 6.10. The summed E-state index contributed by atoms with van der Waals surface area (Å²) in [5.41, 5.74) is 6.34. The number of ether oxygens (including phenoxy) is 1. The smallest absolute Gasteiger partial charge is 0.0553 e. The fraction of sp³-hybridized carbons (Fsp3) is 1.00. The Morgan fingerprint density at radius 2 is 1.79 bits per heavy atom. The standard InChI is InChI=1S/C12H23NO/c1-9-7-11(8-10(2)14-9)3-4-12(13)5-6-12/h9-11H,3-8,13H2,1-2H3/t9-,10+,11?. The van der Waals surface area contributed by atoms with Crippen molar-refractivity contribution in [1.82, 2.24) is 0 Å². The van der Waals surface area contributed by atoms with E-state index in [0.717, 1.165) is 5.92 Å². The van der Waals surface area contributed by atoms with Crippen molar-refractivity contribution in [2.75, 3.05) is 0 Å². The Bertz CT molecular complexity index is 190. The summed E-state index contributed by atoms with van der Waals surface area (Å²) in [6, 6.07) is 0. The third kappa shape index (κ3) is 2.71. The van der Waals surface area contributed by atoms with Crippen molar-refractivity contribution in [3.8, 4) is 0 Å². The summed E-state index contributed by atoms with van der Waals surface area (Å²) in [4.78, 5) is 0. The Balaban J connectivity index is 1.74. The third-order valence-corrected chi connectivity index (χ3v) is 3.74. The lowest BCUT2D eigenvalue weighted by atomic mass is 9.87. The van der Waals surface area contributed by atoms with E-state index < -0.39 is 0 Å². The van der Waals surface area contributed by atoms with Gasteiger partial charge in [0, 0.05) is 5.54 Å². The zero-order valence-electron chi connectivity index (χ0n) is 9.46. The molecule has 3 atom stereocenters. The average molecular weight is 197 g/mol. The van der Waals surface area contributed by atoms with Gasteiger partial charge in [-0.25, -0.2) is 0 Å². The Labute approximate surface area is 87.2 Å². The summed E-state index contributed by atoms with van der Waals surface area (Å²) < 4.78 is 5.73. The molecule has 2 nitrogen and oxygen atoms in total. The van der Waals surface area contributed by atoms with Crippen LogP contribution in [0.3, 0.4) is 0 Å². The molecule has 1 unspecified atom stereocenters. The van der Waals surface area contributed by atoms with E-state index >= 15 is 0 Å². The van der Waals surface area contributed by atoms with Crippen molar-refractivity contribution in [1.29, 1.82) is 0 Å². The molecule has 1 heterocycles. The van der Waals surface area contributed by atoms with E-state index in [1.54, 1.807) is 0 Å². The highest BCUT2D eigenvalue weighted by Gasteiger charge is 2.38. The van der Waals surface area contributed by atoms with Crippen LogP contribution in [0, 0.1) is 5.92 Å². The van der Waals surface area contributed by atoms with E-state index in [1.807, 2.05) is 0 Å². The minimum atomic E-state index is 0.241. The van der Waals surface area contributed by atoms with Crippen LogP contribution in [-0.4, -0.2) is 17.7 Å². The van der Waals surface area contributed by atoms with Gasteiger partial charge < -0.3 is 10.5 Å². The van der Waals surface area contributed by atoms with Gasteiger partial charge in [0.25, 0.3) is 0 Å². The summed E-state index contributed by atoms with van der Waals surface area (Å²) in [5.74, 6) is 0.856. The molecule has 2 fully saturated rings. The lowest BCUT2D eigenvalue weighted by Gasteiger charge is -2.32. The highest BCUT2D eigenvalue weighted by molar-refractivity contribution is 4.98. The summed E-state index contributed by atoms with van der Waals surface area (Å²) in [6.45, 7) is 4.38. The van der Waals surface area contributed by atoms with Crippen molar-refractivity contribution < 1.29 is 4.74 Å². The minimum Gasteiger partial charge on any atom is -0.376 e. The predicted octanol–water partition coefficient (Wildman–Crippen LogP) is 2.46. The first-order valence-corrected chi connectivity index (χ1v) is 6.02. The molecule has 2 heteroatoms. The Hall–Kier alpha value is -0.0800. The first-order valence-electron chi connectivity index (χ1n) is 6.02. The first kappa shape index (κ1) is 10.4. The van der Waals surface area contributed by atoms with Crippen molar-refractivity contribution in [2.24, 2.45) is 11.7 Å². The van der Waals surface area contributed by atoms with E-state index in [1.165, 1.54) is 38.5 Å². The van der Waals surface area contributed by atoms with Crippen molar-refractivity contribution >= 4 is 0 Å². The predicted molar refractivity (Wildman–Crippen MR) is 58.1 cm³/mol. The Morgan fingerprint density at radius 3 is 2.29 bits per heavy atom. The van der Waals surface area contributed by atoms with E-state index in [-0.39, 0.29) is 5.54 Å². The molecular weight excluding hydrogens is 174 g/mol. The molecule has 0 amide bonds. The zero-order valence-corrected chi connectivity index (χ0v) is 9.46. The van der Waals surface area contributed by atoms with Gasteiger partial charge in [-0.1, -0.05) is 0 Å². The lowest BCUT2D eigenvalue weighted by molar-refractivity contribution is -0.0540. The van der Waals surface area contributed by atoms with Crippen molar-refractivity contribution in [2.45, 2.75) is 70.1 Å². The second-order valence-corrected chi connectivity index (χ2v) is 5.50. The highest BCUT2D eigenvalue weighted by Crippen LogP contribution is 2.39. The van der Waals surface area contributed by atoms with E-state index in [0.29, 0.717) is 12.2 Å². The largest absolute Gasteiger partial charge is 0.376 e. The summed E-state index contributed by atoms with van der Waals surface area (Å²) in [7, 11) is 0. The van der Waals surface area contributed by atoms with E-state index in [9.17, 15) is 0 Å². The maximum Gasteiger partial charge on any atom is 0.0553 e. The monoisotopic (exact) mass is 197 g/mol. The van der Waals surface area contributed by atoms with Gasteiger partial charge in [0.1, 0.15) is 0 Å². The molecule has 1 aliphatic heterocycles. The molecule has 0 spiro atoms. The maximum atomic E-state index is 6.10. The van der Waals surface area contributed by atoms with Crippen molar-refractivity contribution in [3.05, 3.63) is 0 Å². The molecule has 14 heavy (non-hydrogen) atoms. The van der Waals surface area contributed by atoms with Crippen LogP contribution in [0.2, 0.25) is 0 Å². The molecule has 1 saturated heterocycles. The summed E-state index contributed by atoms with van der Waals surface area (Å²) in [6.07, 6.45) is 8.43. The second-order valence-electron chi connectivity index (χ2n) is 5.50. The topological polar surface area (TPSA) is 35.2 Å². The summed E-state index contributed by atoms with van der Waals surface area (Å²) >= 11 is 0. The molecule has 0 aromatic heterocycles. The third-order valence-electron chi connectivity index (χ3n) is 3.74. The minimum absolute atomic E-state index is 0.241. The zero-order chi connectivity index (χ0) is 10.2. The highest BCUT2D eigenvalue weighted by atomic mass is 16.5. The molecule has 0 aromatic rings. The quantitative estimate of drug-likeness (QED) is 0.754. The van der Waals surface area contributed by atoms with Gasteiger partial charge in [-0.15, -0.1) is 0 Å². The molecule has 1 saturated carbocycles. The molecule has 2 aliphatic rings. The molecule has 0 aromatic carbocycles. The van der Waals surface area contributed by atoms with Gasteiger partial charge in [-0.3, -0.25) is 0 Å². The van der Waals surface area contributed by atoms with Crippen LogP contribution in [0.25, 0.3) is 0 Å². The van der Waals surface area contributed by atoms with Gasteiger partial charge in [0.15, 0.2) is 0 Å². The van der Waals surface area contributed by atoms with E-state index in [4.69, 9.17) is 10.5 Å².